The summed E-state index contributed by atoms with van der Waals surface area (Å²) < 4.78 is 0. The van der Waals surface area contributed by atoms with Gasteiger partial charge in [-0.25, -0.2) is 9.97 Å². The highest BCUT2D eigenvalue weighted by molar-refractivity contribution is 5.85. The van der Waals surface area contributed by atoms with Crippen molar-refractivity contribution in [3.63, 3.8) is 0 Å². The molecule has 1 aromatic heterocycles. The lowest BCUT2D eigenvalue weighted by atomic mass is 9.78. The van der Waals surface area contributed by atoms with Crippen molar-refractivity contribution in [3.05, 3.63) is 17.6 Å². The average Bonchev–Trinajstić information content (AvgIpc) is 3.35. The van der Waals surface area contributed by atoms with Gasteiger partial charge in [-0.15, -0.1) is 24.8 Å². The third-order valence-electron chi connectivity index (χ3n) is 5.60. The predicted octanol–water partition coefficient (Wildman–Crippen LogP) is 4.39. The molecule has 1 aromatic rings. The zero-order chi connectivity index (χ0) is 14.9. The van der Waals surface area contributed by atoms with Crippen LogP contribution in [0.2, 0.25) is 0 Å². The number of halogens is 2. The van der Waals surface area contributed by atoms with Gasteiger partial charge in [0.1, 0.15) is 11.6 Å². The zero-order valence-corrected chi connectivity index (χ0v) is 15.9. The van der Waals surface area contributed by atoms with Gasteiger partial charge in [-0.1, -0.05) is 19.3 Å². The van der Waals surface area contributed by atoms with Crippen LogP contribution in [0.15, 0.2) is 6.07 Å². The van der Waals surface area contributed by atoms with E-state index in [-0.39, 0.29) is 24.8 Å². The van der Waals surface area contributed by atoms with Crippen molar-refractivity contribution in [1.82, 2.24) is 9.97 Å². The van der Waals surface area contributed by atoms with E-state index in [4.69, 9.17) is 15.7 Å². The van der Waals surface area contributed by atoms with Gasteiger partial charge < -0.3 is 11.1 Å². The van der Waals surface area contributed by atoms with E-state index in [0.717, 1.165) is 36.9 Å². The fraction of sp³-hybridized carbons (Fsp3) is 0.778. The maximum Gasteiger partial charge on any atom is 0.134 e. The summed E-state index contributed by atoms with van der Waals surface area (Å²) in [5, 5.41) is 3.61. The van der Waals surface area contributed by atoms with Gasteiger partial charge in [-0.3, -0.25) is 0 Å². The van der Waals surface area contributed by atoms with Crippen LogP contribution >= 0.6 is 24.8 Å². The summed E-state index contributed by atoms with van der Waals surface area (Å²) >= 11 is 0. The lowest BCUT2D eigenvalue weighted by Gasteiger charge is -2.32. The SMILES string of the molecule is Cl.Cl.NC1CC(c2cc(NCC3CCCCC3)nc(C3CC3)n2)C1. The fourth-order valence-corrected chi connectivity index (χ4v) is 3.85. The van der Waals surface area contributed by atoms with Crippen molar-refractivity contribution in [3.8, 4) is 0 Å². The number of nitrogens with one attached hydrogen (secondary N) is 1. The highest BCUT2D eigenvalue weighted by Crippen LogP contribution is 2.41. The molecule has 3 N–H and O–H groups in total. The van der Waals surface area contributed by atoms with Gasteiger partial charge in [0, 0.05) is 36.2 Å². The summed E-state index contributed by atoms with van der Waals surface area (Å²) in [5.74, 6) is 4.13. The van der Waals surface area contributed by atoms with Crippen LogP contribution in [0.1, 0.15) is 81.1 Å². The molecule has 3 saturated carbocycles. The Balaban J connectivity index is 0.00000104. The van der Waals surface area contributed by atoms with Crippen molar-refractivity contribution in [2.75, 3.05) is 11.9 Å². The molecule has 4 nitrogen and oxygen atoms in total. The molecule has 6 heteroatoms. The first-order chi connectivity index (χ1) is 10.8. The molecule has 0 unspecified atom stereocenters. The molecule has 0 bridgehead atoms. The van der Waals surface area contributed by atoms with E-state index >= 15 is 0 Å². The lowest BCUT2D eigenvalue weighted by Crippen LogP contribution is -2.35. The molecule has 3 aliphatic rings. The molecule has 0 aromatic carbocycles. The van der Waals surface area contributed by atoms with Crippen LogP contribution in [0.4, 0.5) is 5.82 Å². The summed E-state index contributed by atoms with van der Waals surface area (Å²) in [5.41, 5.74) is 7.18. The minimum Gasteiger partial charge on any atom is -0.370 e. The van der Waals surface area contributed by atoms with Gasteiger partial charge in [0.15, 0.2) is 0 Å². The lowest BCUT2D eigenvalue weighted by molar-refractivity contribution is 0.344. The number of aromatic nitrogens is 2. The van der Waals surface area contributed by atoms with Crippen LogP contribution in [0.5, 0.6) is 0 Å². The summed E-state index contributed by atoms with van der Waals surface area (Å²) in [4.78, 5) is 9.63. The van der Waals surface area contributed by atoms with Crippen LogP contribution in [0.25, 0.3) is 0 Å². The largest absolute Gasteiger partial charge is 0.370 e. The minimum atomic E-state index is 0. The minimum absolute atomic E-state index is 0. The zero-order valence-electron chi connectivity index (χ0n) is 14.2. The number of rotatable bonds is 5. The molecule has 0 aliphatic heterocycles. The van der Waals surface area contributed by atoms with Crippen LogP contribution < -0.4 is 11.1 Å². The van der Waals surface area contributed by atoms with Crippen LogP contribution in [0, 0.1) is 5.92 Å². The number of hydrogen-bond acceptors (Lipinski definition) is 4. The number of nitrogens with two attached hydrogens (primary N) is 1. The number of anilines is 1. The predicted molar refractivity (Wildman–Crippen MR) is 104 cm³/mol. The van der Waals surface area contributed by atoms with Crippen molar-refractivity contribution < 1.29 is 0 Å². The standard InChI is InChI=1S/C18H28N4.2ClH/c19-15-8-14(9-15)16-10-17(22-18(21-16)13-6-7-13)20-11-12-4-2-1-3-5-12;;/h10,12-15H,1-9,11,19H2,(H,20,21,22);2*1H. The Morgan fingerprint density at radius 3 is 2.29 bits per heavy atom. The highest BCUT2D eigenvalue weighted by Gasteiger charge is 2.32. The topological polar surface area (TPSA) is 63.8 Å². The van der Waals surface area contributed by atoms with E-state index in [0.29, 0.717) is 17.9 Å². The Labute approximate surface area is 157 Å². The van der Waals surface area contributed by atoms with Gasteiger partial charge in [-0.05, 0) is 44.4 Å². The Morgan fingerprint density at radius 2 is 1.67 bits per heavy atom. The molecule has 24 heavy (non-hydrogen) atoms. The average molecular weight is 373 g/mol. The molecule has 0 atom stereocenters. The smallest absolute Gasteiger partial charge is 0.134 e. The first kappa shape index (κ1) is 19.7. The molecule has 136 valence electrons. The summed E-state index contributed by atoms with van der Waals surface area (Å²) in [6.07, 6.45) is 11.7. The van der Waals surface area contributed by atoms with E-state index in [1.54, 1.807) is 0 Å². The van der Waals surface area contributed by atoms with E-state index < -0.39 is 0 Å². The van der Waals surface area contributed by atoms with Gasteiger partial charge in [-0.2, -0.15) is 0 Å². The molecule has 0 saturated heterocycles. The van der Waals surface area contributed by atoms with E-state index in [1.807, 2.05) is 0 Å². The Bertz CT molecular complexity index is 524. The normalized spacial score (nSPS) is 26.7. The first-order valence-electron chi connectivity index (χ1n) is 9.16. The van der Waals surface area contributed by atoms with E-state index in [2.05, 4.69) is 11.4 Å². The molecular weight excluding hydrogens is 343 g/mol. The Kier molecular flexibility index (Phi) is 7.14. The summed E-state index contributed by atoms with van der Waals surface area (Å²) in [6, 6.07) is 2.56. The van der Waals surface area contributed by atoms with Crippen LogP contribution in [0.3, 0.4) is 0 Å². The quantitative estimate of drug-likeness (QED) is 0.803. The second kappa shape index (κ2) is 8.68. The van der Waals surface area contributed by atoms with Gasteiger partial charge >= 0.3 is 0 Å². The van der Waals surface area contributed by atoms with Crippen molar-refractivity contribution >= 4 is 30.6 Å². The van der Waals surface area contributed by atoms with Crippen molar-refractivity contribution in [2.24, 2.45) is 11.7 Å². The van der Waals surface area contributed by atoms with Crippen LogP contribution in [-0.2, 0) is 0 Å². The molecule has 4 rings (SSSR count). The highest BCUT2D eigenvalue weighted by atomic mass is 35.5. The molecule has 3 aliphatic carbocycles. The number of hydrogen-bond donors (Lipinski definition) is 2. The van der Waals surface area contributed by atoms with Gasteiger partial charge in [0.2, 0.25) is 0 Å². The van der Waals surface area contributed by atoms with Gasteiger partial charge in [0.05, 0.1) is 0 Å². The summed E-state index contributed by atoms with van der Waals surface area (Å²) in [7, 11) is 0. The van der Waals surface area contributed by atoms with Crippen LogP contribution in [-0.4, -0.2) is 22.6 Å². The summed E-state index contributed by atoms with van der Waals surface area (Å²) in [6.45, 7) is 1.07. The number of nitrogens with zero attached hydrogens (tertiary/aromatic N) is 2. The molecular formula is C18H30Cl2N4. The van der Waals surface area contributed by atoms with Gasteiger partial charge in [0.25, 0.3) is 0 Å². The molecule has 3 fully saturated rings. The van der Waals surface area contributed by atoms with E-state index in [9.17, 15) is 0 Å². The molecule has 1 heterocycles. The molecule has 0 spiro atoms. The maximum atomic E-state index is 5.95. The Hall–Kier alpha value is -0.580. The maximum absolute atomic E-state index is 5.95. The monoisotopic (exact) mass is 372 g/mol. The first-order valence-corrected chi connectivity index (χ1v) is 9.16. The third-order valence-corrected chi connectivity index (χ3v) is 5.60. The van der Waals surface area contributed by atoms with E-state index in [1.165, 1.54) is 50.6 Å². The third kappa shape index (κ3) is 4.74. The van der Waals surface area contributed by atoms with Crippen molar-refractivity contribution in [2.45, 2.75) is 75.7 Å². The van der Waals surface area contributed by atoms with Crippen molar-refractivity contribution in [1.29, 1.82) is 0 Å². The molecule has 0 amide bonds. The fourth-order valence-electron chi connectivity index (χ4n) is 3.85. The Morgan fingerprint density at radius 1 is 0.958 bits per heavy atom. The second-order valence-electron chi connectivity index (χ2n) is 7.62. The second-order valence-corrected chi connectivity index (χ2v) is 7.62. The molecule has 0 radical (unpaired) electrons.